The average molecular weight is 1130 g/mol. The largest absolute Gasteiger partial charge is 0.462 e. The lowest BCUT2D eigenvalue weighted by molar-refractivity contribution is -0.167. The molecule has 0 aliphatic carbocycles. The van der Waals surface area contributed by atoms with Crippen molar-refractivity contribution >= 4 is 17.9 Å². The zero-order valence-corrected chi connectivity index (χ0v) is 54.3. The van der Waals surface area contributed by atoms with Crippen molar-refractivity contribution in [3.05, 3.63) is 60.8 Å². The minimum atomic E-state index is -0.799. The van der Waals surface area contributed by atoms with Crippen LogP contribution in [0.5, 0.6) is 0 Å². The molecule has 0 aliphatic heterocycles. The third-order valence-corrected chi connectivity index (χ3v) is 16.0. The maximum absolute atomic E-state index is 12.9. The molecule has 0 radical (unpaired) electrons. The fourth-order valence-corrected chi connectivity index (χ4v) is 10.7. The number of rotatable bonds is 66. The Hall–Kier alpha value is -2.89. The summed E-state index contributed by atoms with van der Waals surface area (Å²) in [6.45, 7) is 6.53. The molecule has 0 amide bonds. The van der Waals surface area contributed by atoms with E-state index < -0.39 is 6.10 Å². The molecule has 0 aromatic carbocycles. The van der Waals surface area contributed by atoms with Gasteiger partial charge in [-0.05, 0) is 83.5 Å². The van der Waals surface area contributed by atoms with Gasteiger partial charge >= 0.3 is 17.9 Å². The molecule has 6 nitrogen and oxygen atoms in total. The van der Waals surface area contributed by atoms with Gasteiger partial charge in [0.1, 0.15) is 13.2 Å². The Morgan fingerprint density at radius 3 is 0.790 bits per heavy atom. The first-order valence-corrected chi connectivity index (χ1v) is 35.8. The molecule has 0 aromatic heterocycles. The van der Waals surface area contributed by atoms with E-state index in [2.05, 4.69) is 81.5 Å². The molecule has 1 unspecified atom stereocenters. The number of carbonyl (C=O) groups excluding carboxylic acids is 3. The van der Waals surface area contributed by atoms with Gasteiger partial charge in [0.25, 0.3) is 0 Å². The predicted molar refractivity (Wildman–Crippen MR) is 353 cm³/mol. The van der Waals surface area contributed by atoms with Crippen molar-refractivity contribution in [1.29, 1.82) is 0 Å². The van der Waals surface area contributed by atoms with Crippen LogP contribution in [0.15, 0.2) is 60.8 Å². The van der Waals surface area contributed by atoms with Crippen LogP contribution in [0.25, 0.3) is 0 Å². The third kappa shape index (κ3) is 67.8. The van der Waals surface area contributed by atoms with Crippen molar-refractivity contribution in [3.63, 3.8) is 0 Å². The second-order valence-electron chi connectivity index (χ2n) is 24.1. The van der Waals surface area contributed by atoms with Crippen molar-refractivity contribution in [2.45, 2.75) is 386 Å². The summed E-state index contributed by atoms with van der Waals surface area (Å²) in [5, 5.41) is 0. The van der Waals surface area contributed by atoms with Gasteiger partial charge in [-0.1, -0.05) is 338 Å². The monoisotopic (exact) mass is 1130 g/mol. The fourth-order valence-electron chi connectivity index (χ4n) is 10.7. The first-order chi connectivity index (χ1) is 40.0. The molecule has 0 bridgehead atoms. The lowest BCUT2D eigenvalue weighted by atomic mass is 10.0. The molecule has 0 heterocycles. The summed E-state index contributed by atoms with van der Waals surface area (Å²) in [7, 11) is 0. The molecule has 81 heavy (non-hydrogen) atoms. The number of esters is 3. The Bertz CT molecular complexity index is 1440. The Kier molecular flexibility index (Phi) is 67.1. The Balaban J connectivity index is 4.14. The van der Waals surface area contributed by atoms with E-state index in [1.54, 1.807) is 0 Å². The second-order valence-corrected chi connectivity index (χ2v) is 24.1. The van der Waals surface area contributed by atoms with Crippen molar-refractivity contribution in [2.24, 2.45) is 0 Å². The normalized spacial score (nSPS) is 12.4. The van der Waals surface area contributed by atoms with E-state index in [0.717, 1.165) is 83.5 Å². The molecule has 0 fully saturated rings. The van der Waals surface area contributed by atoms with Gasteiger partial charge in [-0.3, -0.25) is 14.4 Å². The highest BCUT2D eigenvalue weighted by atomic mass is 16.6. The quantitative estimate of drug-likeness (QED) is 0.0261. The van der Waals surface area contributed by atoms with Gasteiger partial charge in [-0.15, -0.1) is 0 Å². The Morgan fingerprint density at radius 2 is 0.481 bits per heavy atom. The zero-order chi connectivity index (χ0) is 58.5. The molecule has 472 valence electrons. The lowest BCUT2D eigenvalue weighted by Crippen LogP contribution is -2.30. The van der Waals surface area contributed by atoms with Crippen molar-refractivity contribution < 1.29 is 28.6 Å². The van der Waals surface area contributed by atoms with Crippen LogP contribution in [-0.4, -0.2) is 37.2 Å². The second kappa shape index (κ2) is 69.6. The third-order valence-electron chi connectivity index (χ3n) is 16.0. The van der Waals surface area contributed by atoms with E-state index in [1.165, 1.54) is 250 Å². The van der Waals surface area contributed by atoms with Crippen LogP contribution in [0.4, 0.5) is 0 Å². The number of hydrogen-bond acceptors (Lipinski definition) is 6. The van der Waals surface area contributed by atoms with Crippen LogP contribution in [0.3, 0.4) is 0 Å². The highest BCUT2D eigenvalue weighted by Crippen LogP contribution is 2.19. The maximum Gasteiger partial charge on any atom is 0.306 e. The van der Waals surface area contributed by atoms with Crippen LogP contribution in [0, 0.1) is 0 Å². The number of carbonyl (C=O) groups is 3. The van der Waals surface area contributed by atoms with E-state index >= 15 is 0 Å². The standard InChI is InChI=1S/C75H136O6/c1-4-7-10-13-16-19-22-25-28-29-30-31-32-33-34-35-36-37-38-39-40-41-42-43-44-45-48-50-53-56-59-62-65-68-74(77)80-71-72(81-75(78)69-66-63-60-57-54-51-47-27-24-21-18-15-12-9-6-3)70-79-73(76)67-64-61-58-55-52-49-46-26-23-20-17-14-11-8-5-2/h9,12,18,21,26-27,46-47,54,57,72H,4-8,10-11,13-17,19-20,22-25,28-45,48-53,55-56,58-71H2,1-3H3/b12-9-,21-18-,46-26-,47-27-,57-54-. The summed E-state index contributed by atoms with van der Waals surface area (Å²) in [4.78, 5) is 38.3. The molecule has 0 aromatic rings. The number of hydrogen-bond donors (Lipinski definition) is 0. The van der Waals surface area contributed by atoms with Gasteiger partial charge in [-0.2, -0.15) is 0 Å². The number of allylic oxidation sites excluding steroid dienone is 10. The molecule has 0 aliphatic rings. The minimum absolute atomic E-state index is 0.0904. The summed E-state index contributed by atoms with van der Waals surface area (Å²) >= 11 is 0. The highest BCUT2D eigenvalue weighted by Gasteiger charge is 2.19. The van der Waals surface area contributed by atoms with Crippen LogP contribution in [0.1, 0.15) is 380 Å². The summed E-state index contributed by atoms with van der Waals surface area (Å²) in [6, 6.07) is 0. The van der Waals surface area contributed by atoms with Crippen molar-refractivity contribution in [1.82, 2.24) is 0 Å². The van der Waals surface area contributed by atoms with Crippen LogP contribution in [0.2, 0.25) is 0 Å². The molecular formula is C75H136O6. The van der Waals surface area contributed by atoms with Crippen molar-refractivity contribution in [3.8, 4) is 0 Å². The smallest absolute Gasteiger partial charge is 0.306 e. The highest BCUT2D eigenvalue weighted by molar-refractivity contribution is 5.71. The van der Waals surface area contributed by atoms with Gasteiger partial charge in [0, 0.05) is 19.3 Å². The summed E-state index contributed by atoms with van der Waals surface area (Å²) in [5.74, 6) is -0.922. The molecule has 0 saturated heterocycles. The SMILES string of the molecule is CC/C=C\C/C=C\C/C=C\C/C=C\CCCCC(=O)OC(COC(=O)CCCCCCC/C=C\CCCCCCCC)COC(=O)CCCCCCCCCCCCCCCCCCCCCCCCCCCCCCCCCCC. The lowest BCUT2D eigenvalue weighted by Gasteiger charge is -2.18. The minimum Gasteiger partial charge on any atom is -0.462 e. The van der Waals surface area contributed by atoms with Crippen molar-refractivity contribution in [2.75, 3.05) is 13.2 Å². The topological polar surface area (TPSA) is 78.9 Å². The molecule has 0 N–H and O–H groups in total. The van der Waals surface area contributed by atoms with Gasteiger partial charge < -0.3 is 14.2 Å². The average Bonchev–Trinajstić information content (AvgIpc) is 3.47. The number of unbranched alkanes of at least 4 members (excludes halogenated alkanes) is 45. The first-order valence-electron chi connectivity index (χ1n) is 35.8. The number of ether oxygens (including phenoxy) is 3. The van der Waals surface area contributed by atoms with Gasteiger partial charge in [0.05, 0.1) is 0 Å². The van der Waals surface area contributed by atoms with E-state index in [9.17, 15) is 14.4 Å². The van der Waals surface area contributed by atoms with E-state index in [4.69, 9.17) is 14.2 Å². The Morgan fingerprint density at radius 1 is 0.259 bits per heavy atom. The zero-order valence-electron chi connectivity index (χ0n) is 54.3. The summed E-state index contributed by atoms with van der Waals surface area (Å²) < 4.78 is 16.9. The summed E-state index contributed by atoms with van der Waals surface area (Å²) in [5.41, 5.74) is 0. The molecule has 0 rings (SSSR count). The first kappa shape index (κ1) is 78.1. The van der Waals surface area contributed by atoms with E-state index in [-0.39, 0.29) is 37.5 Å². The predicted octanol–water partition coefficient (Wildman–Crippen LogP) is 24.7. The van der Waals surface area contributed by atoms with E-state index in [1.807, 2.05) is 0 Å². The molecule has 0 spiro atoms. The molecule has 1 atom stereocenters. The molecule has 0 saturated carbocycles. The Labute approximate surface area is 504 Å². The maximum atomic E-state index is 12.9. The van der Waals surface area contributed by atoms with E-state index in [0.29, 0.717) is 19.3 Å². The van der Waals surface area contributed by atoms with Crippen LogP contribution >= 0.6 is 0 Å². The van der Waals surface area contributed by atoms with Crippen LogP contribution in [-0.2, 0) is 28.6 Å². The summed E-state index contributed by atoms with van der Waals surface area (Å²) in [6.07, 6.45) is 90.0. The van der Waals surface area contributed by atoms with Gasteiger partial charge in [0.2, 0.25) is 0 Å². The van der Waals surface area contributed by atoms with Gasteiger partial charge in [0.15, 0.2) is 6.10 Å². The molecular weight excluding hydrogens is 997 g/mol. The van der Waals surface area contributed by atoms with Crippen LogP contribution < -0.4 is 0 Å². The molecule has 6 heteroatoms. The van der Waals surface area contributed by atoms with Gasteiger partial charge in [-0.25, -0.2) is 0 Å². The fraction of sp³-hybridized carbons (Fsp3) is 0.827.